The summed E-state index contributed by atoms with van der Waals surface area (Å²) in [5.74, 6) is 0.791. The first kappa shape index (κ1) is 18.6. The zero-order chi connectivity index (χ0) is 16.2. The highest BCUT2D eigenvalue weighted by Crippen LogP contribution is 2.16. The van der Waals surface area contributed by atoms with Crippen LogP contribution in [0.15, 0.2) is 48.5 Å². The number of ether oxygens (including phenoxy) is 1. The van der Waals surface area contributed by atoms with E-state index in [0.717, 1.165) is 29.7 Å². The van der Waals surface area contributed by atoms with E-state index >= 15 is 0 Å². The first-order chi connectivity index (χ1) is 11.2. The van der Waals surface area contributed by atoms with Crippen molar-refractivity contribution in [2.45, 2.75) is 26.4 Å². The van der Waals surface area contributed by atoms with Crippen molar-refractivity contribution in [2.75, 3.05) is 6.61 Å². The number of rotatable bonds is 6. The Morgan fingerprint density at radius 1 is 0.958 bits per heavy atom. The Morgan fingerprint density at radius 2 is 1.54 bits per heavy atom. The van der Waals surface area contributed by atoms with E-state index in [0.29, 0.717) is 23.8 Å². The highest BCUT2D eigenvalue weighted by atomic mass is 79.9. The average molecular weight is 410 g/mol. The molecule has 0 bridgehead atoms. The summed E-state index contributed by atoms with van der Waals surface area (Å²) in [5, 5.41) is 9.14. The number of fused-ring (bicyclic) bond motifs is 1. The van der Waals surface area contributed by atoms with Crippen LogP contribution in [0.3, 0.4) is 0 Å². The molecular formula is C18H20BrClN3O-. The van der Waals surface area contributed by atoms with E-state index in [4.69, 9.17) is 21.7 Å². The Bertz CT molecular complexity index is 855. The highest BCUT2D eigenvalue weighted by Gasteiger charge is 2.09. The number of imidazole rings is 1. The second-order valence-corrected chi connectivity index (χ2v) is 5.85. The zero-order valence-electron chi connectivity index (χ0n) is 13.5. The zero-order valence-corrected chi connectivity index (χ0v) is 15.8. The summed E-state index contributed by atoms with van der Waals surface area (Å²) in [7, 11) is 0. The lowest BCUT2D eigenvalue weighted by atomic mass is 10.3. The van der Waals surface area contributed by atoms with Crippen LogP contribution in [-0.2, 0) is 13.1 Å². The number of aromatic nitrogens is 2. The molecule has 0 atom stereocenters. The van der Waals surface area contributed by atoms with E-state index in [-0.39, 0.29) is 17.0 Å². The fourth-order valence-corrected chi connectivity index (χ4v) is 2.88. The minimum absolute atomic E-state index is 0. The van der Waals surface area contributed by atoms with Gasteiger partial charge < -0.3 is 30.9 Å². The number of aryl methyl sites for hydroxylation is 1. The molecular weight excluding hydrogens is 390 g/mol. The highest BCUT2D eigenvalue weighted by molar-refractivity contribution is 6.30. The Hall–Kier alpha value is -1.72. The molecule has 0 aliphatic rings. The van der Waals surface area contributed by atoms with E-state index < -0.39 is 0 Å². The molecule has 1 N–H and O–H groups in total. The first-order valence-corrected chi connectivity index (χ1v) is 8.19. The van der Waals surface area contributed by atoms with Gasteiger partial charge in [-0.3, -0.25) is 5.41 Å². The van der Waals surface area contributed by atoms with Crippen LogP contribution in [-0.4, -0.2) is 15.7 Å². The number of hydrogen-bond donors (Lipinski definition) is 1. The second-order valence-electron chi connectivity index (χ2n) is 5.42. The van der Waals surface area contributed by atoms with E-state index in [2.05, 4.69) is 23.6 Å². The fraction of sp³-hybridized carbons (Fsp3) is 0.278. The van der Waals surface area contributed by atoms with E-state index in [1.54, 1.807) is 0 Å². The van der Waals surface area contributed by atoms with Crippen LogP contribution in [0, 0.1) is 5.41 Å². The molecule has 2 aromatic carbocycles. The van der Waals surface area contributed by atoms with Crippen LogP contribution in [0.4, 0.5) is 0 Å². The molecule has 0 aliphatic heterocycles. The normalized spacial score (nSPS) is 10.6. The van der Waals surface area contributed by atoms with Crippen molar-refractivity contribution in [3.63, 3.8) is 0 Å². The maximum atomic E-state index is 8.44. The number of halogens is 2. The van der Waals surface area contributed by atoms with Gasteiger partial charge in [0.05, 0.1) is 17.6 Å². The molecule has 0 saturated heterocycles. The quantitative estimate of drug-likeness (QED) is 0.650. The van der Waals surface area contributed by atoms with E-state index in [1.165, 1.54) is 0 Å². The molecule has 0 fully saturated rings. The summed E-state index contributed by atoms with van der Waals surface area (Å²) in [6.07, 6.45) is 1.01. The van der Waals surface area contributed by atoms with Crippen LogP contribution in [0.5, 0.6) is 5.75 Å². The number of hydrogen-bond acceptors (Lipinski definition) is 2. The second kappa shape index (κ2) is 8.40. The minimum atomic E-state index is 0. The SMILES string of the molecule is CCCn1c(=N)n(CCOc2ccc(Cl)cc2)c2ccccc21.[Br-]. The lowest BCUT2D eigenvalue weighted by Crippen LogP contribution is -3.00. The Morgan fingerprint density at radius 3 is 2.12 bits per heavy atom. The molecule has 0 saturated carbocycles. The largest absolute Gasteiger partial charge is 1.00 e. The molecule has 128 valence electrons. The standard InChI is InChI=1S/C18H20ClN3O.BrH/c1-2-11-21-16-5-3-4-6-17(16)22(18(21)20)12-13-23-15-9-7-14(19)8-10-15;/h3-10,20H,2,11-13H2,1H3;1H/p-1. The van der Waals surface area contributed by atoms with Crippen LogP contribution in [0.1, 0.15) is 13.3 Å². The molecule has 1 heterocycles. The lowest BCUT2D eigenvalue weighted by molar-refractivity contribution is -0.00000533. The smallest absolute Gasteiger partial charge is 0.203 e. The topological polar surface area (TPSA) is 42.9 Å². The predicted octanol–water partition coefficient (Wildman–Crippen LogP) is 1.07. The van der Waals surface area contributed by atoms with Gasteiger partial charge in [-0.25, -0.2) is 0 Å². The Kier molecular flexibility index (Phi) is 6.52. The van der Waals surface area contributed by atoms with Crippen LogP contribution in [0.2, 0.25) is 5.02 Å². The van der Waals surface area contributed by atoms with Gasteiger partial charge in [0.1, 0.15) is 12.4 Å². The van der Waals surface area contributed by atoms with Gasteiger partial charge >= 0.3 is 0 Å². The molecule has 4 nitrogen and oxygen atoms in total. The average Bonchev–Trinajstić information content (AvgIpc) is 2.83. The van der Waals surface area contributed by atoms with Gasteiger partial charge in [0.25, 0.3) is 0 Å². The van der Waals surface area contributed by atoms with Crippen molar-refractivity contribution in [3.05, 3.63) is 59.2 Å². The van der Waals surface area contributed by atoms with Crippen LogP contribution >= 0.6 is 11.6 Å². The summed E-state index contributed by atoms with van der Waals surface area (Å²) < 4.78 is 9.82. The Labute approximate surface area is 156 Å². The molecule has 1 aromatic heterocycles. The van der Waals surface area contributed by atoms with Crippen molar-refractivity contribution in [3.8, 4) is 5.75 Å². The van der Waals surface area contributed by atoms with Gasteiger partial charge in [0.15, 0.2) is 0 Å². The summed E-state index contributed by atoms with van der Waals surface area (Å²) in [6, 6.07) is 15.5. The van der Waals surface area contributed by atoms with Gasteiger partial charge in [-0.05, 0) is 42.8 Å². The maximum Gasteiger partial charge on any atom is 0.203 e. The molecule has 0 spiro atoms. The molecule has 6 heteroatoms. The number of nitrogens with zero attached hydrogens (tertiary/aromatic N) is 2. The van der Waals surface area contributed by atoms with Gasteiger partial charge in [-0.1, -0.05) is 30.7 Å². The third-order valence-corrected chi connectivity index (χ3v) is 4.07. The van der Waals surface area contributed by atoms with E-state index in [9.17, 15) is 0 Å². The maximum absolute atomic E-state index is 8.44. The molecule has 0 radical (unpaired) electrons. The molecule has 3 rings (SSSR count). The van der Waals surface area contributed by atoms with Crippen molar-refractivity contribution < 1.29 is 21.7 Å². The molecule has 24 heavy (non-hydrogen) atoms. The lowest BCUT2D eigenvalue weighted by Gasteiger charge is -2.08. The minimum Gasteiger partial charge on any atom is -1.00 e. The van der Waals surface area contributed by atoms with Gasteiger partial charge in [-0.2, -0.15) is 0 Å². The number of nitrogens with one attached hydrogen (secondary N) is 1. The third-order valence-electron chi connectivity index (χ3n) is 3.82. The van der Waals surface area contributed by atoms with Crippen LogP contribution < -0.4 is 27.3 Å². The molecule has 0 unspecified atom stereocenters. The fourth-order valence-electron chi connectivity index (χ4n) is 2.76. The third kappa shape index (κ3) is 3.84. The van der Waals surface area contributed by atoms with Gasteiger partial charge in [0.2, 0.25) is 5.62 Å². The van der Waals surface area contributed by atoms with Gasteiger partial charge in [-0.15, -0.1) is 0 Å². The van der Waals surface area contributed by atoms with Crippen molar-refractivity contribution in [1.29, 1.82) is 5.41 Å². The molecule has 0 amide bonds. The van der Waals surface area contributed by atoms with Crippen molar-refractivity contribution in [1.82, 2.24) is 9.13 Å². The first-order valence-electron chi connectivity index (χ1n) is 7.81. The summed E-state index contributed by atoms with van der Waals surface area (Å²) in [5.41, 5.74) is 2.70. The summed E-state index contributed by atoms with van der Waals surface area (Å²) >= 11 is 5.87. The summed E-state index contributed by atoms with van der Waals surface area (Å²) in [4.78, 5) is 0. The monoisotopic (exact) mass is 408 g/mol. The predicted molar refractivity (Wildman–Crippen MR) is 93.0 cm³/mol. The Balaban J connectivity index is 0.00000208. The van der Waals surface area contributed by atoms with Crippen molar-refractivity contribution in [2.24, 2.45) is 0 Å². The number of benzene rings is 2. The summed E-state index contributed by atoms with van der Waals surface area (Å²) in [6.45, 7) is 4.13. The van der Waals surface area contributed by atoms with Crippen molar-refractivity contribution >= 4 is 22.6 Å². The molecule has 3 aromatic rings. The number of para-hydroxylation sites is 2. The van der Waals surface area contributed by atoms with Crippen LogP contribution in [0.25, 0.3) is 11.0 Å². The van der Waals surface area contributed by atoms with Gasteiger partial charge in [0, 0.05) is 11.6 Å². The van der Waals surface area contributed by atoms with E-state index in [1.807, 2.05) is 41.0 Å². The molecule has 0 aliphatic carbocycles.